The third-order valence-corrected chi connectivity index (χ3v) is 6.44. The van der Waals surface area contributed by atoms with E-state index < -0.39 is 29.0 Å². The molecule has 31 heavy (non-hydrogen) atoms. The average Bonchev–Trinajstić information content (AvgIpc) is 3.19. The van der Waals surface area contributed by atoms with E-state index in [1.165, 1.54) is 35.0 Å². The molecule has 1 saturated heterocycles. The summed E-state index contributed by atoms with van der Waals surface area (Å²) in [6.07, 6.45) is 4.94. The first-order valence-corrected chi connectivity index (χ1v) is 10.3. The van der Waals surface area contributed by atoms with Gasteiger partial charge in [-0.05, 0) is 42.8 Å². The quantitative estimate of drug-likeness (QED) is 0.730. The largest absolute Gasteiger partial charge is 0.332 e. The smallest absolute Gasteiger partial charge is 0.315 e. The maximum atomic E-state index is 13.6. The number of fused-ring (bicyclic) bond motifs is 1. The first-order valence-electron chi connectivity index (χ1n) is 9.46. The van der Waals surface area contributed by atoms with E-state index in [1.807, 2.05) is 19.1 Å². The van der Waals surface area contributed by atoms with E-state index in [0.717, 1.165) is 16.5 Å². The highest BCUT2D eigenvalue weighted by Gasteiger charge is 2.49. The third kappa shape index (κ3) is 3.65. The lowest BCUT2D eigenvalue weighted by molar-refractivity contribution is -0.119. The highest BCUT2D eigenvalue weighted by atomic mass is 32.2. The molecule has 1 aromatic carbocycles. The van der Waals surface area contributed by atoms with Gasteiger partial charge in [-0.2, -0.15) is 10.5 Å². The van der Waals surface area contributed by atoms with Gasteiger partial charge in [-0.1, -0.05) is 0 Å². The summed E-state index contributed by atoms with van der Waals surface area (Å²) in [5, 5.41) is 17.8. The van der Waals surface area contributed by atoms with Crippen molar-refractivity contribution in [3.8, 4) is 12.1 Å². The molecule has 2 unspecified atom stereocenters. The van der Waals surface area contributed by atoms with Crippen LogP contribution in [-0.4, -0.2) is 39.7 Å². The number of hydrogen-bond acceptors (Lipinski definition) is 6. The summed E-state index contributed by atoms with van der Waals surface area (Å²) in [6.45, 7) is 1.96. The topological polar surface area (TPSA) is 101 Å². The number of halogens is 1. The minimum absolute atomic E-state index is 0.108. The number of carbonyl (C=O) groups excluding carboxylic acids is 2. The lowest BCUT2D eigenvalue weighted by atomic mass is 10.0. The van der Waals surface area contributed by atoms with Crippen molar-refractivity contribution in [1.82, 2.24) is 9.88 Å². The first kappa shape index (κ1) is 20.6. The number of nitriles is 2. The zero-order valence-electron chi connectivity index (χ0n) is 16.4. The lowest BCUT2D eigenvalue weighted by Crippen LogP contribution is -2.62. The van der Waals surface area contributed by atoms with E-state index in [9.17, 15) is 19.2 Å². The number of anilines is 1. The van der Waals surface area contributed by atoms with E-state index in [0.29, 0.717) is 16.2 Å². The second kappa shape index (κ2) is 8.21. The Morgan fingerprint density at radius 1 is 1.23 bits per heavy atom. The van der Waals surface area contributed by atoms with E-state index in [4.69, 9.17) is 5.26 Å². The van der Waals surface area contributed by atoms with Gasteiger partial charge in [0.2, 0.25) is 0 Å². The van der Waals surface area contributed by atoms with Crippen molar-refractivity contribution in [1.29, 1.82) is 10.5 Å². The predicted octanol–water partition coefficient (Wildman–Crippen LogP) is 3.61. The van der Waals surface area contributed by atoms with Crippen LogP contribution >= 0.6 is 11.8 Å². The summed E-state index contributed by atoms with van der Waals surface area (Å²) in [4.78, 5) is 33.9. The van der Waals surface area contributed by atoms with Crippen LogP contribution in [-0.2, 0) is 4.79 Å². The van der Waals surface area contributed by atoms with E-state index >= 15 is 0 Å². The second-order valence-electron chi connectivity index (χ2n) is 7.14. The molecular weight excluding hydrogens is 417 g/mol. The van der Waals surface area contributed by atoms with Crippen LogP contribution in [0.3, 0.4) is 0 Å². The molecule has 0 aliphatic carbocycles. The summed E-state index contributed by atoms with van der Waals surface area (Å²) in [5.41, 5.74) is 1.82. The molecule has 2 atom stereocenters. The highest BCUT2D eigenvalue weighted by molar-refractivity contribution is 8.09. The number of urea groups is 1. The molecule has 0 bridgehead atoms. The molecule has 0 saturated carbocycles. The van der Waals surface area contributed by atoms with Gasteiger partial charge in [0, 0.05) is 23.2 Å². The number of benzene rings is 1. The van der Waals surface area contributed by atoms with Crippen LogP contribution in [0.2, 0.25) is 0 Å². The fraction of sp³-hybridized carbons (Fsp3) is 0.227. The van der Waals surface area contributed by atoms with Gasteiger partial charge in [-0.15, -0.1) is 11.8 Å². The van der Waals surface area contributed by atoms with E-state index in [1.54, 1.807) is 18.3 Å². The summed E-state index contributed by atoms with van der Waals surface area (Å²) in [6, 6.07) is 8.52. The third-order valence-electron chi connectivity index (χ3n) is 5.10. The van der Waals surface area contributed by atoms with Crippen molar-refractivity contribution in [2.75, 3.05) is 11.4 Å². The number of thioether (sulfide) groups is 1. The molecule has 0 N–H and O–H groups in total. The Kier molecular flexibility index (Phi) is 5.45. The van der Waals surface area contributed by atoms with Crippen molar-refractivity contribution in [2.24, 2.45) is 0 Å². The Labute approximate surface area is 182 Å². The molecular formula is C22H16FN5O2S. The minimum Gasteiger partial charge on any atom is -0.315 e. The zero-order valence-corrected chi connectivity index (χ0v) is 17.3. The van der Waals surface area contributed by atoms with Crippen LogP contribution < -0.4 is 4.90 Å². The van der Waals surface area contributed by atoms with E-state index in [-0.39, 0.29) is 18.5 Å². The van der Waals surface area contributed by atoms with E-state index in [2.05, 4.69) is 4.98 Å². The number of amides is 3. The normalized spacial score (nSPS) is 20.2. The second-order valence-corrected chi connectivity index (χ2v) is 8.32. The number of hydrogen-bond donors (Lipinski definition) is 0. The monoisotopic (exact) mass is 433 g/mol. The maximum Gasteiger partial charge on any atom is 0.332 e. The molecule has 3 heterocycles. The first-order chi connectivity index (χ1) is 14.9. The van der Waals surface area contributed by atoms with Gasteiger partial charge in [-0.25, -0.2) is 14.1 Å². The molecule has 2 aromatic rings. The molecule has 2 aliphatic heterocycles. The summed E-state index contributed by atoms with van der Waals surface area (Å²) in [5.74, 6) is -0.922. The van der Waals surface area contributed by atoms with Gasteiger partial charge in [0.15, 0.2) is 0 Å². The van der Waals surface area contributed by atoms with Crippen molar-refractivity contribution in [3.05, 3.63) is 65.2 Å². The summed E-state index contributed by atoms with van der Waals surface area (Å²) < 4.78 is 13.6. The number of nitrogens with zero attached hydrogens (tertiary/aromatic N) is 5. The molecule has 0 spiro atoms. The van der Waals surface area contributed by atoms with Crippen LogP contribution in [0.15, 0.2) is 42.7 Å². The molecule has 7 nitrogen and oxygen atoms in total. The van der Waals surface area contributed by atoms with Gasteiger partial charge in [0.1, 0.15) is 11.1 Å². The maximum absolute atomic E-state index is 13.6. The Morgan fingerprint density at radius 2 is 2.03 bits per heavy atom. The number of carbonyl (C=O) groups is 2. The van der Waals surface area contributed by atoms with Crippen LogP contribution in [0.4, 0.5) is 14.9 Å². The van der Waals surface area contributed by atoms with Gasteiger partial charge < -0.3 is 4.90 Å². The number of aryl methyl sites for hydroxylation is 1. The number of imide groups is 1. The van der Waals surface area contributed by atoms with Crippen molar-refractivity contribution in [2.45, 2.75) is 24.6 Å². The Balaban J connectivity index is 1.76. The van der Waals surface area contributed by atoms with Gasteiger partial charge in [-0.3, -0.25) is 9.78 Å². The highest BCUT2D eigenvalue weighted by Crippen LogP contribution is 2.45. The van der Waals surface area contributed by atoms with Crippen molar-refractivity contribution < 1.29 is 14.0 Å². The van der Waals surface area contributed by atoms with Crippen LogP contribution in [0.5, 0.6) is 0 Å². The molecule has 4 rings (SSSR count). The molecule has 1 fully saturated rings. The molecule has 154 valence electrons. The molecule has 1 aromatic heterocycles. The summed E-state index contributed by atoms with van der Waals surface area (Å²) >= 11 is 1.23. The summed E-state index contributed by atoms with van der Waals surface area (Å²) in [7, 11) is 0. The van der Waals surface area contributed by atoms with Crippen molar-refractivity contribution in [3.63, 3.8) is 0 Å². The van der Waals surface area contributed by atoms with Crippen LogP contribution in [0, 0.1) is 35.4 Å². The lowest BCUT2D eigenvalue weighted by Gasteiger charge is -2.40. The number of rotatable bonds is 4. The minimum atomic E-state index is -0.650. The molecule has 2 aliphatic rings. The average molecular weight is 433 g/mol. The molecule has 3 amide bonds. The molecule has 0 radical (unpaired) electrons. The molecule has 9 heteroatoms. The Hall–Kier alpha value is -3.69. The van der Waals surface area contributed by atoms with Gasteiger partial charge >= 0.3 is 6.03 Å². The Bertz CT molecular complexity index is 1200. The standard InChI is InChI=1S/C22H16FN5O2S/c1-13-7-16(12-26-11-13)28-21(29)20-18(27(22(28)30)6-2-5-24)9-19(31-20)17-4-3-15(23)8-14(17)10-25/h3-4,7-9,11-12,18,20H,2,6H2,1H3. The fourth-order valence-corrected chi connectivity index (χ4v) is 5.07. The van der Waals surface area contributed by atoms with Crippen LogP contribution in [0.25, 0.3) is 4.91 Å². The number of pyridine rings is 1. The van der Waals surface area contributed by atoms with Gasteiger partial charge in [0.05, 0.1) is 42.0 Å². The van der Waals surface area contributed by atoms with Crippen molar-refractivity contribution >= 4 is 34.3 Å². The van der Waals surface area contributed by atoms with Gasteiger partial charge in [0.25, 0.3) is 5.91 Å². The zero-order chi connectivity index (χ0) is 22.1. The number of aromatic nitrogens is 1. The van der Waals surface area contributed by atoms with Crippen LogP contribution in [0.1, 0.15) is 23.1 Å². The Morgan fingerprint density at radius 3 is 2.74 bits per heavy atom. The predicted molar refractivity (Wildman–Crippen MR) is 113 cm³/mol. The fourth-order valence-electron chi connectivity index (χ4n) is 3.71. The SMILES string of the molecule is Cc1cncc(N2C(=O)C3SC(c4ccc(F)cc4C#N)=CC3N(CCC#N)C2=O)c1.